The molecule has 0 fully saturated rings. The zero-order chi connectivity index (χ0) is 11.1. The summed E-state index contributed by atoms with van der Waals surface area (Å²) >= 11 is 3.45. The number of rotatable bonds is 5. The highest BCUT2D eigenvalue weighted by molar-refractivity contribution is 9.10. The van der Waals surface area contributed by atoms with Crippen molar-refractivity contribution in [3.63, 3.8) is 0 Å². The molecule has 0 aliphatic rings. The number of unbranched alkanes of at least 4 members (excludes halogenated alkanes) is 1. The Balaban J connectivity index is 2.38. The maximum Gasteiger partial charge on any atom is 0.0178 e. The summed E-state index contributed by atoms with van der Waals surface area (Å²) in [5.74, 6) is 2.63. The van der Waals surface area contributed by atoms with Crippen molar-refractivity contribution < 1.29 is 0 Å². The molecular formula is C13H16BrN. The number of hydrogen-bond acceptors (Lipinski definition) is 1. The molecule has 0 spiro atoms. The molecule has 2 N–H and O–H groups in total. The van der Waals surface area contributed by atoms with Crippen molar-refractivity contribution in [1.29, 1.82) is 0 Å². The highest BCUT2D eigenvalue weighted by Gasteiger charge is 2.03. The Hall–Kier alpha value is -0.780. The standard InChI is InChI=1S/C13H16BrN/c1-2-3-4-8-13(15)10-11-6-5-7-12(14)9-11/h1,5-7,9,13H,3-4,8,10,15H2. The number of hydrogen-bond donors (Lipinski definition) is 1. The summed E-state index contributed by atoms with van der Waals surface area (Å²) in [6, 6.07) is 8.49. The van der Waals surface area contributed by atoms with E-state index in [-0.39, 0.29) is 6.04 Å². The van der Waals surface area contributed by atoms with Crippen LogP contribution in [-0.2, 0) is 6.42 Å². The van der Waals surface area contributed by atoms with Gasteiger partial charge >= 0.3 is 0 Å². The fourth-order valence-electron chi connectivity index (χ4n) is 1.54. The van der Waals surface area contributed by atoms with Crippen LogP contribution in [0.3, 0.4) is 0 Å². The van der Waals surface area contributed by atoms with Crippen LogP contribution in [0.1, 0.15) is 24.8 Å². The lowest BCUT2D eigenvalue weighted by atomic mass is 10.0. The van der Waals surface area contributed by atoms with E-state index in [1.807, 2.05) is 12.1 Å². The third-order valence-corrected chi connectivity index (χ3v) is 2.78. The summed E-state index contributed by atoms with van der Waals surface area (Å²) in [4.78, 5) is 0. The van der Waals surface area contributed by atoms with Crippen LogP contribution in [0.15, 0.2) is 28.7 Å². The summed E-state index contributed by atoms with van der Waals surface area (Å²) < 4.78 is 1.11. The Morgan fingerprint density at radius 2 is 2.27 bits per heavy atom. The van der Waals surface area contributed by atoms with Crippen LogP contribution in [0.4, 0.5) is 0 Å². The van der Waals surface area contributed by atoms with Gasteiger partial charge in [0.1, 0.15) is 0 Å². The average Bonchev–Trinajstić information content (AvgIpc) is 2.18. The predicted octanol–water partition coefficient (Wildman–Crippen LogP) is 3.12. The molecular weight excluding hydrogens is 250 g/mol. The normalized spacial score (nSPS) is 12.1. The smallest absolute Gasteiger partial charge is 0.0178 e. The van der Waals surface area contributed by atoms with Gasteiger partial charge in [-0.2, -0.15) is 0 Å². The second-order valence-electron chi connectivity index (χ2n) is 3.69. The number of nitrogens with two attached hydrogens (primary N) is 1. The average molecular weight is 266 g/mol. The van der Waals surface area contributed by atoms with E-state index in [0.29, 0.717) is 0 Å². The van der Waals surface area contributed by atoms with Gasteiger partial charge in [0.2, 0.25) is 0 Å². The van der Waals surface area contributed by atoms with E-state index in [2.05, 4.69) is 34.0 Å². The molecule has 1 rings (SSSR count). The van der Waals surface area contributed by atoms with E-state index >= 15 is 0 Å². The van der Waals surface area contributed by atoms with Crippen LogP contribution in [0, 0.1) is 12.3 Å². The van der Waals surface area contributed by atoms with Crippen LogP contribution in [0.5, 0.6) is 0 Å². The Labute approximate surface area is 100 Å². The minimum Gasteiger partial charge on any atom is -0.327 e. The summed E-state index contributed by atoms with van der Waals surface area (Å²) in [5, 5.41) is 0. The van der Waals surface area contributed by atoms with Crippen molar-refractivity contribution in [3.8, 4) is 12.3 Å². The van der Waals surface area contributed by atoms with Crippen LogP contribution in [-0.4, -0.2) is 6.04 Å². The quantitative estimate of drug-likeness (QED) is 0.643. The molecule has 1 aromatic carbocycles. The first kappa shape index (κ1) is 12.3. The third kappa shape index (κ3) is 5.01. The van der Waals surface area contributed by atoms with Gasteiger partial charge in [-0.15, -0.1) is 12.3 Å². The van der Waals surface area contributed by atoms with Crippen LogP contribution in [0.2, 0.25) is 0 Å². The first-order chi connectivity index (χ1) is 7.22. The van der Waals surface area contributed by atoms with Crippen molar-refractivity contribution in [3.05, 3.63) is 34.3 Å². The van der Waals surface area contributed by atoms with E-state index in [9.17, 15) is 0 Å². The molecule has 0 aliphatic heterocycles. The van der Waals surface area contributed by atoms with Crippen molar-refractivity contribution in [2.24, 2.45) is 5.73 Å². The van der Waals surface area contributed by atoms with E-state index in [1.54, 1.807) is 0 Å². The van der Waals surface area contributed by atoms with Crippen LogP contribution < -0.4 is 5.73 Å². The van der Waals surface area contributed by atoms with Gasteiger partial charge in [0.05, 0.1) is 0 Å². The number of benzene rings is 1. The van der Waals surface area contributed by atoms with Crippen LogP contribution in [0.25, 0.3) is 0 Å². The highest BCUT2D eigenvalue weighted by Crippen LogP contribution is 2.14. The maximum absolute atomic E-state index is 6.01. The summed E-state index contributed by atoms with van der Waals surface area (Å²) in [6.07, 6.45) is 8.95. The zero-order valence-corrected chi connectivity index (χ0v) is 10.3. The molecule has 0 amide bonds. The molecule has 1 aromatic rings. The number of terminal acetylenes is 1. The lowest BCUT2D eigenvalue weighted by Gasteiger charge is -2.10. The van der Waals surface area contributed by atoms with Crippen LogP contribution >= 0.6 is 15.9 Å². The number of halogens is 1. The van der Waals surface area contributed by atoms with Gasteiger partial charge in [0.15, 0.2) is 0 Å². The second-order valence-corrected chi connectivity index (χ2v) is 4.61. The zero-order valence-electron chi connectivity index (χ0n) is 8.75. The molecule has 1 nitrogen and oxygen atoms in total. The second kappa shape index (κ2) is 6.66. The molecule has 0 saturated carbocycles. The maximum atomic E-state index is 6.01. The summed E-state index contributed by atoms with van der Waals surface area (Å²) in [7, 11) is 0. The monoisotopic (exact) mass is 265 g/mol. The summed E-state index contributed by atoms with van der Waals surface area (Å²) in [6.45, 7) is 0. The molecule has 0 bridgehead atoms. The predicted molar refractivity (Wildman–Crippen MR) is 68.5 cm³/mol. The Bertz CT molecular complexity index is 341. The van der Waals surface area contributed by atoms with Crippen molar-refractivity contribution in [2.45, 2.75) is 31.7 Å². The first-order valence-electron chi connectivity index (χ1n) is 5.16. The largest absolute Gasteiger partial charge is 0.327 e. The first-order valence-corrected chi connectivity index (χ1v) is 5.95. The van der Waals surface area contributed by atoms with Gasteiger partial charge in [-0.05, 0) is 37.0 Å². The van der Waals surface area contributed by atoms with E-state index in [4.69, 9.17) is 12.2 Å². The molecule has 1 unspecified atom stereocenters. The van der Waals surface area contributed by atoms with Gasteiger partial charge in [-0.1, -0.05) is 28.1 Å². The minimum atomic E-state index is 0.215. The van der Waals surface area contributed by atoms with E-state index < -0.39 is 0 Å². The van der Waals surface area contributed by atoms with Crippen molar-refractivity contribution in [2.75, 3.05) is 0 Å². The minimum absolute atomic E-state index is 0.215. The topological polar surface area (TPSA) is 26.0 Å². The molecule has 1 atom stereocenters. The molecule has 0 aliphatic carbocycles. The SMILES string of the molecule is C#CCCCC(N)Cc1cccc(Br)c1. The molecule has 0 saturated heterocycles. The molecule has 0 radical (unpaired) electrons. The van der Waals surface area contributed by atoms with Crippen molar-refractivity contribution >= 4 is 15.9 Å². The van der Waals surface area contributed by atoms with E-state index in [1.165, 1.54) is 5.56 Å². The van der Waals surface area contributed by atoms with E-state index in [0.717, 1.165) is 30.2 Å². The third-order valence-electron chi connectivity index (χ3n) is 2.28. The Morgan fingerprint density at radius 3 is 2.93 bits per heavy atom. The van der Waals surface area contributed by atoms with Gasteiger partial charge in [0.25, 0.3) is 0 Å². The van der Waals surface area contributed by atoms with Gasteiger partial charge in [0, 0.05) is 16.9 Å². The molecule has 15 heavy (non-hydrogen) atoms. The van der Waals surface area contributed by atoms with Crippen molar-refractivity contribution in [1.82, 2.24) is 0 Å². The fourth-order valence-corrected chi connectivity index (χ4v) is 1.98. The summed E-state index contributed by atoms with van der Waals surface area (Å²) in [5.41, 5.74) is 7.29. The molecule has 2 heteroatoms. The van der Waals surface area contributed by atoms with Gasteiger partial charge < -0.3 is 5.73 Å². The Kier molecular flexibility index (Phi) is 5.45. The van der Waals surface area contributed by atoms with Gasteiger partial charge in [-0.3, -0.25) is 0 Å². The van der Waals surface area contributed by atoms with Gasteiger partial charge in [-0.25, -0.2) is 0 Å². The Morgan fingerprint density at radius 1 is 1.47 bits per heavy atom. The lowest BCUT2D eigenvalue weighted by Crippen LogP contribution is -2.22. The fraction of sp³-hybridized carbons (Fsp3) is 0.385. The highest BCUT2D eigenvalue weighted by atomic mass is 79.9. The molecule has 80 valence electrons. The molecule has 0 aromatic heterocycles. The molecule has 0 heterocycles. The lowest BCUT2D eigenvalue weighted by molar-refractivity contribution is 0.587.